The van der Waals surface area contributed by atoms with Gasteiger partial charge in [0.1, 0.15) is 6.61 Å². The summed E-state index contributed by atoms with van der Waals surface area (Å²) in [4.78, 5) is 28.1. The van der Waals surface area contributed by atoms with Crippen molar-refractivity contribution in [3.63, 3.8) is 0 Å². The molecule has 0 spiro atoms. The number of likely N-dealkylation sites (N-methyl/N-ethyl adjacent to an activating group) is 1. The molecular weight excluding hydrogens is 318 g/mol. The van der Waals surface area contributed by atoms with Gasteiger partial charge < -0.3 is 20.3 Å². The maximum Gasteiger partial charge on any atom is 0.410 e. The molecule has 6 heteroatoms. The summed E-state index contributed by atoms with van der Waals surface area (Å²) < 4.78 is 5.43. The number of ether oxygens (including phenoxy) is 1. The topological polar surface area (TPSA) is 75.9 Å². The van der Waals surface area contributed by atoms with Crippen LogP contribution in [0.3, 0.4) is 0 Å². The van der Waals surface area contributed by atoms with Crippen LogP contribution in [0, 0.1) is 5.92 Å². The fraction of sp³-hybridized carbons (Fsp3) is 0.579. The molecule has 0 aromatic heterocycles. The molecule has 1 saturated heterocycles. The van der Waals surface area contributed by atoms with Crippen molar-refractivity contribution in [2.24, 2.45) is 11.7 Å². The molecule has 1 fully saturated rings. The lowest BCUT2D eigenvalue weighted by Crippen LogP contribution is -2.49. The van der Waals surface area contributed by atoms with Crippen LogP contribution in [0.1, 0.15) is 32.3 Å². The number of hydrogen-bond donors (Lipinski definition) is 1. The predicted molar refractivity (Wildman–Crippen MR) is 96.8 cm³/mol. The number of rotatable bonds is 6. The van der Waals surface area contributed by atoms with E-state index >= 15 is 0 Å². The van der Waals surface area contributed by atoms with Crippen LogP contribution in [0.4, 0.5) is 4.79 Å². The van der Waals surface area contributed by atoms with Crippen LogP contribution in [-0.4, -0.2) is 54.0 Å². The maximum atomic E-state index is 12.4. The molecule has 2 amide bonds. The number of benzene rings is 1. The number of hydrogen-bond acceptors (Lipinski definition) is 4. The molecule has 138 valence electrons. The number of likely N-dealkylation sites (tertiary alicyclic amines) is 1. The first-order valence-electron chi connectivity index (χ1n) is 8.88. The fourth-order valence-corrected chi connectivity index (χ4v) is 3.01. The van der Waals surface area contributed by atoms with Crippen LogP contribution in [0.15, 0.2) is 30.3 Å². The van der Waals surface area contributed by atoms with Gasteiger partial charge in [-0.15, -0.1) is 0 Å². The van der Waals surface area contributed by atoms with E-state index in [9.17, 15) is 9.59 Å². The standard InChI is InChI=1S/C19H29N3O3/c1-14(2)17(20)18(23)21(3)12-16-10-7-11-22(16)19(24)25-13-15-8-5-4-6-9-15/h4-6,8-9,14,16-17H,7,10-13,20H2,1-3H3/t16?,17-/m0/s1. The van der Waals surface area contributed by atoms with Gasteiger partial charge in [-0.3, -0.25) is 4.79 Å². The van der Waals surface area contributed by atoms with Crippen LogP contribution < -0.4 is 5.73 Å². The van der Waals surface area contributed by atoms with E-state index in [0.717, 1.165) is 18.4 Å². The Morgan fingerprint density at radius 3 is 2.64 bits per heavy atom. The van der Waals surface area contributed by atoms with Gasteiger partial charge in [0.05, 0.1) is 12.1 Å². The quantitative estimate of drug-likeness (QED) is 0.856. The molecule has 1 aromatic carbocycles. The summed E-state index contributed by atoms with van der Waals surface area (Å²) in [5, 5.41) is 0. The van der Waals surface area contributed by atoms with E-state index in [4.69, 9.17) is 10.5 Å². The molecule has 2 rings (SSSR count). The number of nitrogens with zero attached hydrogens (tertiary/aromatic N) is 2. The Hall–Kier alpha value is -2.08. The molecule has 0 radical (unpaired) electrons. The third-order valence-electron chi connectivity index (χ3n) is 4.68. The molecular formula is C19H29N3O3. The van der Waals surface area contributed by atoms with Crippen molar-refractivity contribution in [1.82, 2.24) is 9.80 Å². The minimum absolute atomic E-state index is 0.0171. The second kappa shape index (κ2) is 8.85. The van der Waals surface area contributed by atoms with Crippen molar-refractivity contribution >= 4 is 12.0 Å². The van der Waals surface area contributed by atoms with Crippen LogP contribution in [0.25, 0.3) is 0 Å². The highest BCUT2D eigenvalue weighted by molar-refractivity contribution is 5.81. The minimum atomic E-state index is -0.509. The summed E-state index contributed by atoms with van der Waals surface area (Å²) in [7, 11) is 1.75. The largest absolute Gasteiger partial charge is 0.445 e. The van der Waals surface area contributed by atoms with Gasteiger partial charge in [0.2, 0.25) is 5.91 Å². The summed E-state index contributed by atoms with van der Waals surface area (Å²) in [6.07, 6.45) is 1.47. The smallest absolute Gasteiger partial charge is 0.410 e. The van der Waals surface area contributed by atoms with E-state index in [1.54, 1.807) is 16.8 Å². The molecule has 1 aromatic rings. The highest BCUT2D eigenvalue weighted by atomic mass is 16.6. The van der Waals surface area contributed by atoms with Gasteiger partial charge in [0.25, 0.3) is 0 Å². The van der Waals surface area contributed by atoms with E-state index in [-0.39, 0.29) is 30.6 Å². The first-order valence-corrected chi connectivity index (χ1v) is 8.88. The third-order valence-corrected chi connectivity index (χ3v) is 4.68. The number of nitrogens with two attached hydrogens (primary N) is 1. The van der Waals surface area contributed by atoms with E-state index in [2.05, 4.69) is 0 Å². The third kappa shape index (κ3) is 5.19. The van der Waals surface area contributed by atoms with Crippen molar-refractivity contribution < 1.29 is 14.3 Å². The van der Waals surface area contributed by atoms with Gasteiger partial charge >= 0.3 is 6.09 Å². The Morgan fingerprint density at radius 2 is 2.00 bits per heavy atom. The summed E-state index contributed by atoms with van der Waals surface area (Å²) in [5.41, 5.74) is 6.91. The van der Waals surface area contributed by atoms with Gasteiger partial charge in [-0.05, 0) is 24.3 Å². The number of carbonyl (C=O) groups is 2. The monoisotopic (exact) mass is 347 g/mol. The zero-order valence-corrected chi connectivity index (χ0v) is 15.4. The first kappa shape index (κ1) is 19.2. The molecule has 0 saturated carbocycles. The van der Waals surface area contributed by atoms with Crippen molar-refractivity contribution in [3.05, 3.63) is 35.9 Å². The van der Waals surface area contributed by atoms with Crippen molar-refractivity contribution in [3.8, 4) is 0 Å². The van der Waals surface area contributed by atoms with Gasteiger partial charge in [-0.2, -0.15) is 0 Å². The van der Waals surface area contributed by atoms with Gasteiger partial charge in [0.15, 0.2) is 0 Å². The lowest BCUT2D eigenvalue weighted by atomic mass is 10.0. The van der Waals surface area contributed by atoms with Crippen LogP contribution >= 0.6 is 0 Å². The molecule has 2 atom stereocenters. The highest BCUT2D eigenvalue weighted by Crippen LogP contribution is 2.20. The summed E-state index contributed by atoms with van der Waals surface area (Å²) in [6, 6.07) is 9.08. The Morgan fingerprint density at radius 1 is 1.32 bits per heavy atom. The van der Waals surface area contributed by atoms with E-state index < -0.39 is 6.04 Å². The summed E-state index contributed by atoms with van der Waals surface area (Å²) >= 11 is 0. The average molecular weight is 347 g/mol. The number of amides is 2. The number of carbonyl (C=O) groups excluding carboxylic acids is 2. The maximum absolute atomic E-state index is 12.4. The second-order valence-electron chi connectivity index (χ2n) is 7.02. The fourth-order valence-electron chi connectivity index (χ4n) is 3.01. The molecule has 1 aliphatic rings. The lowest BCUT2D eigenvalue weighted by Gasteiger charge is -2.30. The van der Waals surface area contributed by atoms with Gasteiger partial charge in [-0.1, -0.05) is 44.2 Å². The van der Waals surface area contributed by atoms with Crippen molar-refractivity contribution in [1.29, 1.82) is 0 Å². The lowest BCUT2D eigenvalue weighted by molar-refractivity contribution is -0.132. The molecule has 1 aliphatic heterocycles. The predicted octanol–water partition coefficient (Wildman–Crippen LogP) is 2.23. The molecule has 2 N–H and O–H groups in total. The first-order chi connectivity index (χ1) is 11.9. The minimum Gasteiger partial charge on any atom is -0.445 e. The Bertz CT molecular complexity index is 577. The second-order valence-corrected chi connectivity index (χ2v) is 7.02. The average Bonchev–Trinajstić information content (AvgIpc) is 3.07. The van der Waals surface area contributed by atoms with E-state index in [1.807, 2.05) is 44.2 Å². The molecule has 25 heavy (non-hydrogen) atoms. The Kier molecular flexibility index (Phi) is 6.82. The SMILES string of the molecule is CC(C)[C@H](N)C(=O)N(C)CC1CCCN1C(=O)OCc1ccccc1. The molecule has 6 nitrogen and oxygen atoms in total. The van der Waals surface area contributed by atoms with Crippen LogP contribution in [0.5, 0.6) is 0 Å². The van der Waals surface area contributed by atoms with Crippen molar-refractivity contribution in [2.45, 2.75) is 45.4 Å². The summed E-state index contributed by atoms with van der Waals surface area (Å²) in [5.74, 6) is 0.00460. The molecule has 1 unspecified atom stereocenters. The van der Waals surface area contributed by atoms with E-state index in [0.29, 0.717) is 13.1 Å². The zero-order valence-electron chi connectivity index (χ0n) is 15.4. The van der Waals surface area contributed by atoms with Gasteiger partial charge in [-0.25, -0.2) is 4.79 Å². The highest BCUT2D eigenvalue weighted by Gasteiger charge is 2.32. The zero-order chi connectivity index (χ0) is 18.4. The molecule has 1 heterocycles. The van der Waals surface area contributed by atoms with Gasteiger partial charge in [0, 0.05) is 20.1 Å². The Labute approximate surface area is 149 Å². The van der Waals surface area contributed by atoms with Crippen molar-refractivity contribution in [2.75, 3.05) is 20.1 Å². The Balaban J connectivity index is 1.88. The van der Waals surface area contributed by atoms with Crippen LogP contribution in [-0.2, 0) is 16.1 Å². The van der Waals surface area contributed by atoms with Crippen LogP contribution in [0.2, 0.25) is 0 Å². The molecule has 0 bridgehead atoms. The van der Waals surface area contributed by atoms with E-state index in [1.165, 1.54) is 0 Å². The molecule has 0 aliphatic carbocycles. The normalized spacial score (nSPS) is 18.3. The summed E-state index contributed by atoms with van der Waals surface area (Å²) in [6.45, 7) is 5.27.